The minimum Gasteiger partial charge on any atom is -0.493 e. The van der Waals surface area contributed by atoms with Gasteiger partial charge in [0.25, 0.3) is 0 Å². The predicted molar refractivity (Wildman–Crippen MR) is 134 cm³/mol. The molecule has 0 saturated heterocycles. The van der Waals surface area contributed by atoms with E-state index >= 15 is 0 Å². The van der Waals surface area contributed by atoms with Crippen molar-refractivity contribution in [3.05, 3.63) is 69.3 Å². The maximum absolute atomic E-state index is 13.7. The van der Waals surface area contributed by atoms with Gasteiger partial charge in [0.05, 0.1) is 20.8 Å². The Morgan fingerprint density at radius 1 is 1.09 bits per heavy atom. The summed E-state index contributed by atoms with van der Waals surface area (Å²) < 4.78 is 17.1. The van der Waals surface area contributed by atoms with Crippen LogP contribution in [0.3, 0.4) is 0 Å². The topological polar surface area (TPSA) is 74.2 Å². The second-order valence-electron chi connectivity index (χ2n) is 8.49. The van der Waals surface area contributed by atoms with E-state index < -0.39 is 11.8 Å². The van der Waals surface area contributed by atoms with E-state index in [1.165, 1.54) is 0 Å². The molecule has 0 spiro atoms. The molecule has 0 N–H and O–H groups in total. The number of allylic oxidation sites excluding steroid dienone is 2. The van der Waals surface area contributed by atoms with Gasteiger partial charge in [0, 0.05) is 33.8 Å². The van der Waals surface area contributed by atoms with E-state index in [9.17, 15) is 9.59 Å². The minimum atomic E-state index is -0.640. The number of methoxy groups -OCH3 is 2. The number of halogens is 1. The van der Waals surface area contributed by atoms with Gasteiger partial charge in [-0.2, -0.15) is 0 Å². The zero-order valence-corrected chi connectivity index (χ0v) is 21.3. The van der Waals surface area contributed by atoms with Crippen LogP contribution in [0.4, 0.5) is 0 Å². The Hall–Kier alpha value is -2.93. The number of esters is 1. The predicted octanol–water partition coefficient (Wildman–Crippen LogP) is 5.60. The molecule has 7 heteroatoms. The van der Waals surface area contributed by atoms with Crippen LogP contribution >= 0.6 is 15.9 Å². The monoisotopic (exact) mass is 525 g/mol. The first kappa shape index (κ1) is 24.2. The maximum atomic E-state index is 13.7. The van der Waals surface area contributed by atoms with Crippen molar-refractivity contribution in [2.45, 2.75) is 38.5 Å². The molecule has 0 fully saturated rings. The second kappa shape index (κ2) is 10.1. The molecule has 3 atom stereocenters. The molecular weight excluding hydrogens is 498 g/mol. The van der Waals surface area contributed by atoms with Gasteiger partial charge in [-0.05, 0) is 55.5 Å². The van der Waals surface area contributed by atoms with Gasteiger partial charge < -0.3 is 14.2 Å². The Bertz CT molecular complexity index is 1190. The molecule has 2 aliphatic rings. The number of aliphatic imine (C=N–C) groups is 1. The van der Waals surface area contributed by atoms with Crippen LogP contribution in [0.1, 0.15) is 49.7 Å². The van der Waals surface area contributed by atoms with Crippen LogP contribution in [0.2, 0.25) is 0 Å². The summed E-state index contributed by atoms with van der Waals surface area (Å²) in [5, 5.41) is 0. The lowest BCUT2D eigenvalue weighted by atomic mass is 9.69. The normalized spacial score (nSPS) is 22.1. The highest BCUT2D eigenvalue weighted by atomic mass is 79.9. The smallest absolute Gasteiger partial charge is 0.315 e. The molecule has 1 unspecified atom stereocenters. The number of Topliss-reactive ketones (excluding diaryl/α,β-unsaturated/α-hetero) is 1. The van der Waals surface area contributed by atoms with Crippen molar-refractivity contribution in [2.24, 2.45) is 10.9 Å². The maximum Gasteiger partial charge on any atom is 0.315 e. The van der Waals surface area contributed by atoms with Crippen molar-refractivity contribution in [1.29, 1.82) is 0 Å². The van der Waals surface area contributed by atoms with Gasteiger partial charge in [0.1, 0.15) is 5.92 Å². The SMILES string of the molecule is CCOC(=O)C1C(C)=NC2=C(C(=O)C[C@H](c3ccc(OC)c(OC)c3)C2)[C@H]1c1ccccc1Br. The van der Waals surface area contributed by atoms with Gasteiger partial charge >= 0.3 is 5.97 Å². The molecule has 0 amide bonds. The number of carbonyl (C=O) groups excluding carboxylic acids is 2. The number of nitrogens with zero attached hydrogens (tertiary/aromatic N) is 1. The Morgan fingerprint density at radius 2 is 1.82 bits per heavy atom. The first-order valence-corrected chi connectivity index (χ1v) is 12.1. The quantitative estimate of drug-likeness (QED) is 0.458. The molecular formula is C27H28BrNO5. The van der Waals surface area contributed by atoms with Crippen LogP contribution in [-0.2, 0) is 14.3 Å². The summed E-state index contributed by atoms with van der Waals surface area (Å²) in [5.74, 6) is -0.199. The third-order valence-corrected chi connectivity index (χ3v) is 7.27. The highest BCUT2D eigenvalue weighted by Gasteiger charge is 2.45. The lowest BCUT2D eigenvalue weighted by Crippen LogP contribution is -2.38. The van der Waals surface area contributed by atoms with Crippen molar-refractivity contribution in [2.75, 3.05) is 20.8 Å². The average molecular weight is 526 g/mol. The van der Waals surface area contributed by atoms with Crippen LogP contribution in [0, 0.1) is 5.92 Å². The Kier molecular flexibility index (Phi) is 7.22. The second-order valence-corrected chi connectivity index (χ2v) is 9.34. The summed E-state index contributed by atoms with van der Waals surface area (Å²) in [6, 6.07) is 13.5. The molecule has 178 valence electrons. The molecule has 1 aliphatic carbocycles. The van der Waals surface area contributed by atoms with E-state index in [1.54, 1.807) is 21.1 Å². The van der Waals surface area contributed by atoms with Crippen molar-refractivity contribution in [3.8, 4) is 11.5 Å². The molecule has 1 heterocycles. The highest BCUT2D eigenvalue weighted by molar-refractivity contribution is 9.10. The number of ketones is 1. The van der Waals surface area contributed by atoms with Crippen molar-refractivity contribution in [1.82, 2.24) is 0 Å². The fraction of sp³-hybridized carbons (Fsp3) is 0.370. The summed E-state index contributed by atoms with van der Waals surface area (Å²) in [5.41, 5.74) is 3.91. The zero-order valence-electron chi connectivity index (χ0n) is 19.8. The third kappa shape index (κ3) is 4.41. The van der Waals surface area contributed by atoms with E-state index in [0.717, 1.165) is 21.3 Å². The highest BCUT2D eigenvalue weighted by Crippen LogP contribution is 2.48. The molecule has 2 aromatic carbocycles. The molecule has 6 nitrogen and oxygen atoms in total. The molecule has 0 radical (unpaired) electrons. The molecule has 0 bridgehead atoms. The lowest BCUT2D eigenvalue weighted by Gasteiger charge is -2.37. The van der Waals surface area contributed by atoms with Crippen LogP contribution in [0.25, 0.3) is 0 Å². The number of ether oxygens (including phenoxy) is 3. The van der Waals surface area contributed by atoms with Gasteiger partial charge in [-0.1, -0.05) is 40.2 Å². The van der Waals surface area contributed by atoms with Crippen molar-refractivity contribution < 1.29 is 23.8 Å². The third-order valence-electron chi connectivity index (χ3n) is 6.55. The van der Waals surface area contributed by atoms with Gasteiger partial charge in [-0.25, -0.2) is 0 Å². The first-order valence-electron chi connectivity index (χ1n) is 11.3. The van der Waals surface area contributed by atoms with Crippen molar-refractivity contribution in [3.63, 3.8) is 0 Å². The van der Waals surface area contributed by atoms with E-state index in [0.29, 0.717) is 35.6 Å². The summed E-state index contributed by atoms with van der Waals surface area (Å²) in [7, 11) is 3.20. The molecule has 0 saturated carbocycles. The number of hydrogen-bond donors (Lipinski definition) is 0. The molecule has 0 aromatic heterocycles. The summed E-state index contributed by atoms with van der Waals surface area (Å²) in [6.07, 6.45) is 0.934. The fourth-order valence-electron chi connectivity index (χ4n) is 5.00. The standard InChI is InChI=1S/C27H28BrNO5/c1-5-34-27(31)24-15(2)29-20-12-17(16-10-11-22(32-3)23(14-16)33-4)13-21(30)26(20)25(24)18-8-6-7-9-19(18)28/h6-11,14,17,24-25H,5,12-13H2,1-4H3/t17-,24?,25+/m1/s1. The average Bonchev–Trinajstić information content (AvgIpc) is 2.83. The molecule has 1 aliphatic heterocycles. The largest absolute Gasteiger partial charge is 0.493 e. The van der Waals surface area contributed by atoms with Crippen LogP contribution in [0.5, 0.6) is 11.5 Å². The first-order chi connectivity index (χ1) is 16.4. The van der Waals surface area contributed by atoms with Gasteiger partial charge in [0.15, 0.2) is 17.3 Å². The Labute approximate surface area is 208 Å². The van der Waals surface area contributed by atoms with E-state index in [2.05, 4.69) is 15.9 Å². The Morgan fingerprint density at radius 3 is 2.50 bits per heavy atom. The van der Waals surface area contributed by atoms with Crippen LogP contribution < -0.4 is 9.47 Å². The van der Waals surface area contributed by atoms with E-state index in [1.807, 2.05) is 49.4 Å². The summed E-state index contributed by atoms with van der Waals surface area (Å²) in [4.78, 5) is 31.5. The number of benzene rings is 2. The molecule has 34 heavy (non-hydrogen) atoms. The molecule has 2 aromatic rings. The summed E-state index contributed by atoms with van der Waals surface area (Å²) >= 11 is 3.63. The zero-order chi connectivity index (χ0) is 24.4. The van der Waals surface area contributed by atoms with Gasteiger partial charge in [0.2, 0.25) is 0 Å². The van der Waals surface area contributed by atoms with Crippen LogP contribution in [-0.4, -0.2) is 38.3 Å². The van der Waals surface area contributed by atoms with E-state index in [-0.39, 0.29) is 24.3 Å². The number of hydrogen-bond acceptors (Lipinski definition) is 6. The summed E-state index contributed by atoms with van der Waals surface area (Å²) in [6.45, 7) is 3.90. The Balaban J connectivity index is 1.79. The van der Waals surface area contributed by atoms with Crippen molar-refractivity contribution >= 4 is 33.4 Å². The van der Waals surface area contributed by atoms with Crippen LogP contribution in [0.15, 0.2) is 63.2 Å². The van der Waals surface area contributed by atoms with E-state index in [4.69, 9.17) is 19.2 Å². The van der Waals surface area contributed by atoms with Gasteiger partial charge in [-0.3, -0.25) is 14.6 Å². The minimum absolute atomic E-state index is 0.00679. The number of carbonyl (C=O) groups is 2. The number of rotatable bonds is 6. The van der Waals surface area contributed by atoms with Gasteiger partial charge in [-0.15, -0.1) is 0 Å². The fourth-order valence-corrected chi connectivity index (χ4v) is 5.53. The molecule has 4 rings (SSSR count). The lowest BCUT2D eigenvalue weighted by molar-refractivity contribution is -0.146.